The van der Waals surface area contributed by atoms with E-state index >= 15 is 0 Å². The van der Waals surface area contributed by atoms with Crippen molar-refractivity contribution >= 4 is 37.9 Å². The average Bonchev–Trinajstić information content (AvgIpc) is 3.30. The van der Waals surface area contributed by atoms with E-state index in [4.69, 9.17) is 14.3 Å². The number of benzene rings is 1. The molecule has 1 aromatic carbocycles. The van der Waals surface area contributed by atoms with Crippen molar-refractivity contribution in [2.24, 2.45) is 5.14 Å². The molecule has 0 spiro atoms. The van der Waals surface area contributed by atoms with Crippen molar-refractivity contribution in [2.45, 2.75) is 42.0 Å². The van der Waals surface area contributed by atoms with Crippen LogP contribution in [0.15, 0.2) is 41.6 Å². The molecule has 15 heteroatoms. The molecular weight excluding hydrogens is 519 g/mol. The Kier molecular flexibility index (Phi) is 6.30. The highest BCUT2D eigenvalue weighted by Crippen LogP contribution is 2.37. The minimum Gasteiger partial charge on any atom is -0.295 e. The van der Waals surface area contributed by atoms with Crippen LogP contribution >= 0.6 is 27.7 Å². The lowest BCUT2D eigenvalue weighted by atomic mass is 9.96. The van der Waals surface area contributed by atoms with E-state index in [1.54, 1.807) is 0 Å². The Morgan fingerprint density at radius 1 is 1.23 bits per heavy atom. The summed E-state index contributed by atoms with van der Waals surface area (Å²) in [6, 6.07) is 3.81. The quantitative estimate of drug-likeness (QED) is 0.481. The van der Waals surface area contributed by atoms with Crippen molar-refractivity contribution in [3.63, 3.8) is 0 Å². The van der Waals surface area contributed by atoms with Gasteiger partial charge in [-0.2, -0.15) is 13.1 Å². The maximum absolute atomic E-state index is 13.6. The lowest BCUT2D eigenvalue weighted by molar-refractivity contribution is 0.299. The summed E-state index contributed by atoms with van der Waals surface area (Å²) in [5.41, 5.74) is 0.532. The van der Waals surface area contributed by atoms with Crippen molar-refractivity contribution in [3.8, 4) is 17.2 Å². The highest BCUT2D eigenvalue weighted by atomic mass is 79.9. The first-order chi connectivity index (χ1) is 14.7. The summed E-state index contributed by atoms with van der Waals surface area (Å²) in [5.74, 6) is -1.19. The smallest absolute Gasteiger partial charge is 0.295 e. The second-order valence-electron chi connectivity index (χ2n) is 6.88. The van der Waals surface area contributed by atoms with Crippen molar-refractivity contribution in [1.82, 2.24) is 24.8 Å². The fourth-order valence-electron chi connectivity index (χ4n) is 3.33. The van der Waals surface area contributed by atoms with Gasteiger partial charge in [-0.05, 0) is 70.1 Å². The van der Waals surface area contributed by atoms with Gasteiger partial charge < -0.3 is 0 Å². The van der Waals surface area contributed by atoms with Crippen LogP contribution in [0.4, 0.5) is 4.39 Å². The van der Waals surface area contributed by atoms with Crippen molar-refractivity contribution < 1.29 is 22.0 Å². The number of halogens is 2. The number of nitrogens with two attached hydrogens (primary N) is 1. The van der Waals surface area contributed by atoms with E-state index in [0.717, 1.165) is 4.57 Å². The first kappa shape index (κ1) is 22.1. The summed E-state index contributed by atoms with van der Waals surface area (Å²) in [6.45, 7) is 0. The van der Waals surface area contributed by atoms with E-state index in [0.29, 0.717) is 36.4 Å². The molecule has 0 atom stereocenters. The summed E-state index contributed by atoms with van der Waals surface area (Å²) in [4.78, 5) is 12.3. The van der Waals surface area contributed by atoms with Crippen molar-refractivity contribution in [3.05, 3.63) is 39.0 Å². The molecule has 1 saturated carbocycles. The molecule has 31 heavy (non-hydrogen) atoms. The van der Waals surface area contributed by atoms with E-state index < -0.39 is 21.8 Å². The van der Waals surface area contributed by atoms with Crippen molar-refractivity contribution in [1.29, 1.82) is 0 Å². The van der Waals surface area contributed by atoms with Gasteiger partial charge in [0.25, 0.3) is 10.2 Å². The van der Waals surface area contributed by atoms with Crippen LogP contribution in [0.5, 0.6) is 0 Å². The Bertz CT molecular complexity index is 1250. The number of hydrogen-bond donors (Lipinski definition) is 2. The van der Waals surface area contributed by atoms with Crippen LogP contribution in [0.25, 0.3) is 17.2 Å². The van der Waals surface area contributed by atoms with Gasteiger partial charge in [0.2, 0.25) is 5.82 Å². The van der Waals surface area contributed by atoms with Crippen LogP contribution in [-0.4, -0.2) is 39.7 Å². The molecule has 0 saturated heterocycles. The third-order valence-corrected chi connectivity index (χ3v) is 7.29. The minimum absolute atomic E-state index is 0.0665. The van der Waals surface area contributed by atoms with Gasteiger partial charge in [-0.25, -0.2) is 23.5 Å². The Hall–Kier alpha value is -2.07. The zero-order valence-corrected chi connectivity index (χ0v) is 18.9. The van der Waals surface area contributed by atoms with Gasteiger partial charge >= 0.3 is 5.76 Å². The third-order valence-electron chi connectivity index (χ3n) is 4.72. The van der Waals surface area contributed by atoms with Gasteiger partial charge in [0.15, 0.2) is 10.7 Å². The topological polar surface area (TPSA) is 159 Å². The molecule has 1 fully saturated rings. The van der Waals surface area contributed by atoms with Crippen molar-refractivity contribution in [2.75, 3.05) is 0 Å². The zero-order chi connectivity index (χ0) is 22.2. The first-order valence-corrected chi connectivity index (χ1v) is 12.3. The molecule has 2 heterocycles. The lowest BCUT2D eigenvalue weighted by Crippen LogP contribution is -2.41. The largest absolute Gasteiger partial charge is 0.446 e. The molecule has 3 N–H and O–H groups in total. The molecule has 0 unspecified atom stereocenters. The number of rotatable bonds is 6. The van der Waals surface area contributed by atoms with E-state index in [2.05, 4.69) is 36.1 Å². The summed E-state index contributed by atoms with van der Waals surface area (Å²) < 4.78 is 49.4. The predicted molar refractivity (Wildman–Crippen MR) is 111 cm³/mol. The minimum atomic E-state index is -3.74. The molecule has 1 aliphatic rings. The summed E-state index contributed by atoms with van der Waals surface area (Å²) in [6.07, 6.45) is 2.65. The first-order valence-electron chi connectivity index (χ1n) is 9.05. The summed E-state index contributed by atoms with van der Waals surface area (Å²) in [7, 11) is -3.74. The van der Waals surface area contributed by atoms with Crippen LogP contribution in [0, 0.1) is 5.82 Å². The van der Waals surface area contributed by atoms with Gasteiger partial charge in [-0.1, -0.05) is 16.9 Å². The van der Waals surface area contributed by atoms with Gasteiger partial charge in [0, 0.05) is 11.3 Å². The number of aromatic nitrogens is 4. The Balaban J connectivity index is 1.55. The van der Waals surface area contributed by atoms with Gasteiger partial charge in [0.1, 0.15) is 5.82 Å². The molecule has 0 bridgehead atoms. The van der Waals surface area contributed by atoms with Crippen LogP contribution in [0.1, 0.15) is 25.7 Å². The number of nitrogens with one attached hydrogen (secondary N) is 1. The average molecular weight is 535 g/mol. The molecular formula is C16H16BrFN6O5S2. The second kappa shape index (κ2) is 8.82. The van der Waals surface area contributed by atoms with Gasteiger partial charge in [-0.15, -0.1) is 0 Å². The molecule has 1 aliphatic carbocycles. The highest BCUT2D eigenvalue weighted by molar-refractivity contribution is 9.10. The number of thioether (sulfide) groups is 1. The van der Waals surface area contributed by atoms with E-state index in [9.17, 15) is 17.6 Å². The van der Waals surface area contributed by atoms with Crippen LogP contribution < -0.4 is 15.6 Å². The Morgan fingerprint density at radius 3 is 2.65 bits per heavy atom. The molecule has 3 aromatic rings. The fraction of sp³-hybridized carbons (Fsp3) is 0.375. The molecule has 2 aromatic heterocycles. The Labute approximate surface area is 187 Å². The van der Waals surface area contributed by atoms with Crippen LogP contribution in [0.2, 0.25) is 0 Å². The summed E-state index contributed by atoms with van der Waals surface area (Å²) >= 11 is 4.48. The molecule has 4 rings (SSSR count). The van der Waals surface area contributed by atoms with E-state index in [-0.39, 0.29) is 27.3 Å². The zero-order valence-electron chi connectivity index (χ0n) is 15.7. The molecule has 11 nitrogen and oxygen atoms in total. The monoisotopic (exact) mass is 534 g/mol. The second-order valence-corrected chi connectivity index (χ2v) is 10.3. The molecule has 166 valence electrons. The lowest BCUT2D eigenvalue weighted by Gasteiger charge is -2.27. The maximum atomic E-state index is 13.6. The predicted octanol–water partition coefficient (Wildman–Crippen LogP) is 1.97. The molecule has 0 aliphatic heterocycles. The SMILES string of the molecule is NS(=O)(=O)NC1CCC(Sc2nonc2-c2noc(=O)n2-c2ccc(F)c(Br)c2)CC1. The summed E-state index contributed by atoms with van der Waals surface area (Å²) in [5, 5.41) is 17.1. The fourth-order valence-corrected chi connectivity index (χ4v) is 5.54. The third kappa shape index (κ3) is 5.06. The molecule has 0 amide bonds. The normalized spacial score (nSPS) is 19.6. The molecule has 0 radical (unpaired) electrons. The Morgan fingerprint density at radius 2 is 1.97 bits per heavy atom. The number of hydrogen-bond acceptors (Lipinski definition) is 9. The van der Waals surface area contributed by atoms with E-state index in [1.165, 1.54) is 30.0 Å². The van der Waals surface area contributed by atoms with Crippen LogP contribution in [-0.2, 0) is 10.2 Å². The van der Waals surface area contributed by atoms with E-state index in [1.807, 2.05) is 0 Å². The van der Waals surface area contributed by atoms with Gasteiger partial charge in [0.05, 0.1) is 10.2 Å². The highest BCUT2D eigenvalue weighted by Gasteiger charge is 2.28. The van der Waals surface area contributed by atoms with Gasteiger partial charge in [-0.3, -0.25) is 4.52 Å². The number of nitrogens with zero attached hydrogens (tertiary/aromatic N) is 4. The van der Waals surface area contributed by atoms with Crippen LogP contribution in [0.3, 0.4) is 0 Å². The standard InChI is InChI=1S/C16H16BrFN6O5S2/c17-11-7-9(3-6-12(11)18)24-14(21-28-16(24)25)13-15(22-29-20-13)30-10-4-1-8(2-5-10)23-31(19,26)27/h3,6-8,10,23H,1-2,4-5H2,(H2,19,26,27). The maximum Gasteiger partial charge on any atom is 0.446 e.